The Labute approximate surface area is 98.6 Å². The molecule has 2 rings (SSSR count). The van der Waals surface area contributed by atoms with E-state index < -0.39 is 0 Å². The Balaban J connectivity index is 2.81. The van der Waals surface area contributed by atoms with Gasteiger partial charge in [-0.1, -0.05) is 12.1 Å². The molecule has 0 aliphatic heterocycles. The predicted octanol–water partition coefficient (Wildman–Crippen LogP) is 4.17. The molecule has 0 unspecified atom stereocenters. The molecule has 0 aliphatic rings. The van der Waals surface area contributed by atoms with Gasteiger partial charge < -0.3 is 3.83 Å². The van der Waals surface area contributed by atoms with Gasteiger partial charge in [0.1, 0.15) is 0 Å². The molecule has 0 N–H and O–H groups in total. The Morgan fingerprint density at radius 1 is 1.36 bits per heavy atom. The van der Waals surface area contributed by atoms with Crippen LogP contribution in [-0.2, 0) is 0 Å². The molecule has 1 aromatic carbocycles. The topological polar surface area (TPSA) is 22.1 Å². The van der Waals surface area contributed by atoms with Gasteiger partial charge in [0.2, 0.25) is 0 Å². The first kappa shape index (κ1) is 10.1. The van der Waals surface area contributed by atoms with Gasteiger partial charge in [-0.05, 0) is 27.7 Å². The highest BCUT2D eigenvalue weighted by Crippen LogP contribution is 2.36. The average molecular weight is 291 g/mol. The molecule has 0 aliphatic carbocycles. The zero-order valence-corrected chi connectivity index (χ0v) is 10.1. The maximum Gasteiger partial charge on any atom is 0.179 e. The van der Waals surface area contributed by atoms with Crippen LogP contribution in [0.5, 0.6) is 5.75 Å². The Kier molecular flexibility index (Phi) is 3.15. The van der Waals surface area contributed by atoms with Crippen LogP contribution in [0.25, 0.3) is 10.8 Å². The smallest absolute Gasteiger partial charge is 0.179 e. The fourth-order valence-corrected chi connectivity index (χ4v) is 2.35. The summed E-state index contributed by atoms with van der Waals surface area (Å²) >= 11 is 2.95. The van der Waals surface area contributed by atoms with Crippen LogP contribution in [0.1, 0.15) is 0 Å². The minimum absolute atomic E-state index is 0.672. The van der Waals surface area contributed by atoms with E-state index in [9.17, 15) is 0 Å². The third-order valence-electron chi connectivity index (χ3n) is 1.88. The van der Waals surface area contributed by atoms with Crippen LogP contribution in [0, 0.1) is 0 Å². The Morgan fingerprint density at radius 2 is 2.21 bits per heavy atom. The van der Waals surface area contributed by atoms with Crippen molar-refractivity contribution in [3.8, 4) is 5.75 Å². The maximum absolute atomic E-state index is 5.76. The van der Waals surface area contributed by atoms with Crippen molar-refractivity contribution < 1.29 is 3.83 Å². The van der Waals surface area contributed by atoms with Gasteiger partial charge in [-0.15, -0.1) is 0 Å². The molecule has 0 radical (unpaired) electrons. The summed E-state index contributed by atoms with van der Waals surface area (Å²) in [4.78, 5) is 5.01. The molecular weight excluding hydrogens is 286 g/mol. The fourth-order valence-electron chi connectivity index (χ4n) is 1.29. The summed E-state index contributed by atoms with van der Waals surface area (Å²) < 4.78 is 5.05. The number of aromatic nitrogens is 1. The van der Waals surface area contributed by atoms with Crippen molar-refractivity contribution in [2.24, 2.45) is 0 Å². The van der Waals surface area contributed by atoms with Crippen molar-refractivity contribution in [2.75, 3.05) is 0 Å². The standard InChI is InChI=1S/C9H5BrClNOS/c10-13-7-5-12-4-6-2-1-3-8(14-11)9(6)7/h1-5H. The number of benzene rings is 1. The van der Waals surface area contributed by atoms with E-state index in [1.165, 1.54) is 11.0 Å². The lowest BCUT2D eigenvalue weighted by atomic mass is 10.2. The zero-order chi connectivity index (χ0) is 9.97. The number of pyridine rings is 1. The summed E-state index contributed by atoms with van der Waals surface area (Å²) in [6.07, 6.45) is 3.43. The van der Waals surface area contributed by atoms with Crippen LogP contribution in [0.3, 0.4) is 0 Å². The van der Waals surface area contributed by atoms with E-state index >= 15 is 0 Å². The first-order valence-electron chi connectivity index (χ1n) is 3.80. The molecule has 0 saturated carbocycles. The zero-order valence-electron chi connectivity index (χ0n) is 6.91. The molecule has 0 amide bonds. The number of fused-ring (bicyclic) bond motifs is 1. The number of hydrogen-bond donors (Lipinski definition) is 0. The van der Waals surface area contributed by atoms with Crippen molar-refractivity contribution >= 4 is 48.7 Å². The summed E-state index contributed by atoms with van der Waals surface area (Å²) in [5, 5.41) is 1.98. The molecule has 0 bridgehead atoms. The second-order valence-electron chi connectivity index (χ2n) is 2.65. The molecule has 0 saturated heterocycles. The number of rotatable bonds is 2. The molecule has 72 valence electrons. The lowest BCUT2D eigenvalue weighted by Gasteiger charge is -2.05. The van der Waals surface area contributed by atoms with Gasteiger partial charge in [-0.3, -0.25) is 4.98 Å². The third-order valence-corrected chi connectivity index (χ3v) is 3.23. The summed E-state index contributed by atoms with van der Waals surface area (Å²) in [7, 11) is 6.93. The van der Waals surface area contributed by atoms with E-state index in [1.54, 1.807) is 12.4 Å². The normalized spacial score (nSPS) is 10.4. The molecule has 0 fully saturated rings. The summed E-state index contributed by atoms with van der Waals surface area (Å²) in [5.41, 5.74) is 0. The minimum atomic E-state index is 0.672. The molecule has 0 spiro atoms. The van der Waals surface area contributed by atoms with Gasteiger partial charge in [-0.2, -0.15) is 0 Å². The first-order valence-corrected chi connectivity index (χ1v) is 6.09. The highest BCUT2D eigenvalue weighted by atomic mass is 79.9. The van der Waals surface area contributed by atoms with Crippen molar-refractivity contribution in [3.63, 3.8) is 0 Å². The van der Waals surface area contributed by atoms with Crippen LogP contribution in [-0.4, -0.2) is 4.98 Å². The first-order chi connectivity index (χ1) is 6.86. The van der Waals surface area contributed by atoms with E-state index in [1.807, 2.05) is 18.2 Å². The average Bonchev–Trinajstić information content (AvgIpc) is 2.27. The Bertz CT molecular complexity index is 427. The van der Waals surface area contributed by atoms with Crippen molar-refractivity contribution in [3.05, 3.63) is 30.6 Å². The number of halogens is 2. The van der Waals surface area contributed by atoms with Gasteiger partial charge >= 0.3 is 0 Å². The van der Waals surface area contributed by atoms with Gasteiger partial charge in [0, 0.05) is 21.9 Å². The van der Waals surface area contributed by atoms with E-state index in [-0.39, 0.29) is 0 Å². The molecule has 1 heterocycles. The SMILES string of the molecule is ClSc1cccc2cncc(OBr)c12. The monoisotopic (exact) mass is 289 g/mol. The van der Waals surface area contributed by atoms with Gasteiger partial charge in [-0.25, -0.2) is 0 Å². The van der Waals surface area contributed by atoms with Crippen LogP contribution < -0.4 is 3.83 Å². The minimum Gasteiger partial charge on any atom is -0.416 e. The maximum atomic E-state index is 5.76. The predicted molar refractivity (Wildman–Crippen MR) is 63.0 cm³/mol. The van der Waals surface area contributed by atoms with Gasteiger partial charge in [0.05, 0.1) is 6.20 Å². The summed E-state index contributed by atoms with van der Waals surface area (Å²) in [5.74, 6) is 0.672. The Morgan fingerprint density at radius 3 is 2.93 bits per heavy atom. The highest BCUT2D eigenvalue weighted by molar-refractivity contribution is 9.06. The van der Waals surface area contributed by atoms with Crippen molar-refractivity contribution in [1.29, 1.82) is 0 Å². The second kappa shape index (κ2) is 4.38. The molecule has 0 atom stereocenters. The summed E-state index contributed by atoms with van der Waals surface area (Å²) in [6, 6.07) is 5.84. The van der Waals surface area contributed by atoms with Gasteiger partial charge in [0.25, 0.3) is 0 Å². The molecular formula is C9H5BrClNOS. The third kappa shape index (κ3) is 1.69. The molecule has 5 heteroatoms. The van der Waals surface area contributed by atoms with E-state index in [0.717, 1.165) is 15.7 Å². The fraction of sp³-hybridized carbons (Fsp3) is 0. The number of nitrogens with zero attached hydrogens (tertiary/aromatic N) is 1. The number of hydrogen-bond acceptors (Lipinski definition) is 3. The van der Waals surface area contributed by atoms with Gasteiger partial charge in [0.15, 0.2) is 22.0 Å². The van der Waals surface area contributed by atoms with Crippen molar-refractivity contribution in [1.82, 2.24) is 4.98 Å². The molecule has 14 heavy (non-hydrogen) atoms. The summed E-state index contributed by atoms with van der Waals surface area (Å²) in [6.45, 7) is 0. The van der Waals surface area contributed by atoms with Crippen LogP contribution in [0.15, 0.2) is 35.5 Å². The van der Waals surface area contributed by atoms with Crippen LogP contribution in [0.4, 0.5) is 0 Å². The molecule has 2 nitrogen and oxygen atoms in total. The van der Waals surface area contributed by atoms with E-state index in [4.69, 9.17) is 14.5 Å². The molecule has 1 aromatic heterocycles. The highest BCUT2D eigenvalue weighted by Gasteiger charge is 2.07. The second-order valence-corrected chi connectivity index (χ2v) is 4.03. The quantitative estimate of drug-likeness (QED) is 0.829. The van der Waals surface area contributed by atoms with Crippen LogP contribution in [0.2, 0.25) is 0 Å². The lowest BCUT2D eigenvalue weighted by Crippen LogP contribution is -1.83. The van der Waals surface area contributed by atoms with E-state index in [2.05, 4.69) is 21.2 Å². The van der Waals surface area contributed by atoms with Crippen molar-refractivity contribution in [2.45, 2.75) is 4.90 Å². The van der Waals surface area contributed by atoms with Crippen LogP contribution >= 0.6 is 37.9 Å². The Hall–Kier alpha value is -0.450. The van der Waals surface area contributed by atoms with E-state index in [0.29, 0.717) is 5.75 Å². The lowest BCUT2D eigenvalue weighted by molar-refractivity contribution is 0.681. The molecule has 2 aromatic rings. The largest absolute Gasteiger partial charge is 0.416 e.